The van der Waals surface area contributed by atoms with E-state index < -0.39 is 0 Å². The Bertz CT molecular complexity index is 585. The van der Waals surface area contributed by atoms with Crippen molar-refractivity contribution in [3.05, 3.63) is 54.0 Å². The van der Waals surface area contributed by atoms with Crippen LogP contribution >= 0.6 is 0 Å². The molecule has 0 saturated heterocycles. The summed E-state index contributed by atoms with van der Waals surface area (Å²) in [6, 6.07) is 8.62. The van der Waals surface area contributed by atoms with E-state index in [-0.39, 0.29) is 11.5 Å². The van der Waals surface area contributed by atoms with Crippen LogP contribution in [0.1, 0.15) is 44.4 Å². The van der Waals surface area contributed by atoms with Gasteiger partial charge in [-0.2, -0.15) is 0 Å². The van der Waals surface area contributed by atoms with Crippen molar-refractivity contribution in [1.29, 1.82) is 0 Å². The fourth-order valence-corrected chi connectivity index (χ4v) is 2.53. The van der Waals surface area contributed by atoms with E-state index in [9.17, 15) is 0 Å². The number of aromatic nitrogens is 2. The SMILES string of the molecule is CN(C)c1ccc(CNC(CC(C)(C)C)c2cccnc2)cn1. The summed E-state index contributed by atoms with van der Waals surface area (Å²) in [4.78, 5) is 10.7. The first-order valence-corrected chi connectivity index (χ1v) is 8.11. The summed E-state index contributed by atoms with van der Waals surface area (Å²) in [5.41, 5.74) is 2.68. The lowest BCUT2D eigenvalue weighted by molar-refractivity contribution is 0.310. The number of pyridine rings is 2. The van der Waals surface area contributed by atoms with E-state index in [1.807, 2.05) is 43.7 Å². The minimum Gasteiger partial charge on any atom is -0.363 e. The molecule has 0 aliphatic heterocycles. The molecule has 0 aliphatic carbocycles. The van der Waals surface area contributed by atoms with Gasteiger partial charge in [-0.3, -0.25) is 4.98 Å². The highest BCUT2D eigenvalue weighted by Crippen LogP contribution is 2.29. The van der Waals surface area contributed by atoms with Crippen LogP contribution in [0.5, 0.6) is 0 Å². The minimum atomic E-state index is 0.251. The molecule has 1 atom stereocenters. The van der Waals surface area contributed by atoms with E-state index >= 15 is 0 Å². The third-order valence-corrected chi connectivity index (χ3v) is 3.72. The third kappa shape index (κ3) is 5.64. The van der Waals surface area contributed by atoms with Gasteiger partial charge in [0.25, 0.3) is 0 Å². The standard InChI is InChI=1S/C19H28N4/c1-19(2,3)11-17(16-7-6-10-20-14-16)21-12-15-8-9-18(22-13-15)23(4)5/h6-10,13-14,17,21H,11-12H2,1-5H3. The molecule has 1 unspecified atom stereocenters. The molecule has 0 fully saturated rings. The van der Waals surface area contributed by atoms with E-state index in [0.717, 1.165) is 18.8 Å². The maximum absolute atomic E-state index is 4.48. The third-order valence-electron chi connectivity index (χ3n) is 3.72. The zero-order valence-electron chi connectivity index (χ0n) is 14.9. The molecule has 0 aromatic carbocycles. The monoisotopic (exact) mass is 312 g/mol. The quantitative estimate of drug-likeness (QED) is 0.880. The molecule has 1 N–H and O–H groups in total. The lowest BCUT2D eigenvalue weighted by atomic mass is 9.86. The van der Waals surface area contributed by atoms with Crippen LogP contribution < -0.4 is 10.2 Å². The van der Waals surface area contributed by atoms with E-state index in [0.29, 0.717) is 0 Å². The highest BCUT2D eigenvalue weighted by molar-refractivity contribution is 5.37. The summed E-state index contributed by atoms with van der Waals surface area (Å²) in [6.07, 6.45) is 6.78. The number of nitrogens with zero attached hydrogens (tertiary/aromatic N) is 3. The molecule has 2 heterocycles. The second kappa shape index (κ2) is 7.55. The Labute approximate surface area is 140 Å². The van der Waals surface area contributed by atoms with Crippen LogP contribution in [0.3, 0.4) is 0 Å². The molecule has 0 aliphatic rings. The number of rotatable bonds is 6. The van der Waals surface area contributed by atoms with Crippen LogP contribution in [0.4, 0.5) is 5.82 Å². The molecule has 2 rings (SSSR count). The van der Waals surface area contributed by atoms with E-state index in [2.05, 4.69) is 54.3 Å². The first kappa shape index (κ1) is 17.4. The predicted octanol–water partition coefficient (Wildman–Crippen LogP) is 3.81. The molecule has 0 saturated carbocycles. The van der Waals surface area contributed by atoms with Gasteiger partial charge in [0.1, 0.15) is 5.82 Å². The van der Waals surface area contributed by atoms with Gasteiger partial charge in [0.05, 0.1) is 0 Å². The predicted molar refractivity (Wildman–Crippen MR) is 96.5 cm³/mol. The molecule has 0 bridgehead atoms. The van der Waals surface area contributed by atoms with Crippen molar-refractivity contribution in [3.8, 4) is 0 Å². The number of hydrogen-bond acceptors (Lipinski definition) is 4. The normalized spacial score (nSPS) is 12.9. The summed E-state index contributed by atoms with van der Waals surface area (Å²) >= 11 is 0. The molecule has 2 aromatic heterocycles. The van der Waals surface area contributed by atoms with Gasteiger partial charge >= 0.3 is 0 Å². The molecular weight excluding hydrogens is 284 g/mol. The second-order valence-corrected chi connectivity index (χ2v) is 7.40. The highest BCUT2D eigenvalue weighted by atomic mass is 15.1. The Balaban J connectivity index is 2.06. The van der Waals surface area contributed by atoms with Gasteiger partial charge in [-0.15, -0.1) is 0 Å². The van der Waals surface area contributed by atoms with Crippen LogP contribution in [0.2, 0.25) is 0 Å². The Kier molecular flexibility index (Phi) is 5.72. The van der Waals surface area contributed by atoms with Gasteiger partial charge in [0, 0.05) is 45.3 Å². The van der Waals surface area contributed by atoms with Crippen LogP contribution in [-0.4, -0.2) is 24.1 Å². The van der Waals surface area contributed by atoms with Crippen molar-refractivity contribution in [2.75, 3.05) is 19.0 Å². The fourth-order valence-electron chi connectivity index (χ4n) is 2.53. The average Bonchev–Trinajstić information content (AvgIpc) is 2.51. The Morgan fingerprint density at radius 2 is 1.91 bits per heavy atom. The molecule has 2 aromatic rings. The minimum absolute atomic E-state index is 0.251. The van der Waals surface area contributed by atoms with E-state index in [1.165, 1.54) is 11.1 Å². The van der Waals surface area contributed by atoms with Crippen molar-refractivity contribution >= 4 is 5.82 Å². The lowest BCUT2D eigenvalue weighted by Crippen LogP contribution is -2.25. The van der Waals surface area contributed by atoms with Gasteiger partial charge in [-0.05, 0) is 35.1 Å². The van der Waals surface area contributed by atoms with Crippen molar-refractivity contribution in [2.24, 2.45) is 5.41 Å². The molecule has 0 amide bonds. The molecule has 23 heavy (non-hydrogen) atoms. The van der Waals surface area contributed by atoms with Crippen LogP contribution in [0.15, 0.2) is 42.9 Å². The highest BCUT2D eigenvalue weighted by Gasteiger charge is 2.20. The molecular formula is C19H28N4. The van der Waals surface area contributed by atoms with Gasteiger partial charge in [-0.25, -0.2) is 4.98 Å². The van der Waals surface area contributed by atoms with Crippen molar-refractivity contribution in [1.82, 2.24) is 15.3 Å². The number of anilines is 1. The maximum Gasteiger partial charge on any atom is 0.127 e. The second-order valence-electron chi connectivity index (χ2n) is 7.40. The van der Waals surface area contributed by atoms with E-state index in [1.54, 1.807) is 0 Å². The Morgan fingerprint density at radius 3 is 2.43 bits per heavy atom. The summed E-state index contributed by atoms with van der Waals surface area (Å²) in [5, 5.41) is 3.66. The fraction of sp³-hybridized carbons (Fsp3) is 0.474. The summed E-state index contributed by atoms with van der Waals surface area (Å²) in [6.45, 7) is 7.61. The first-order chi connectivity index (χ1) is 10.8. The molecule has 0 spiro atoms. The Morgan fingerprint density at radius 1 is 1.13 bits per heavy atom. The van der Waals surface area contributed by atoms with Gasteiger partial charge in [0.15, 0.2) is 0 Å². The van der Waals surface area contributed by atoms with Crippen LogP contribution in [0.25, 0.3) is 0 Å². The largest absolute Gasteiger partial charge is 0.363 e. The molecule has 0 radical (unpaired) electrons. The number of hydrogen-bond donors (Lipinski definition) is 1. The zero-order valence-corrected chi connectivity index (χ0v) is 14.9. The molecule has 4 nitrogen and oxygen atoms in total. The maximum atomic E-state index is 4.48. The van der Waals surface area contributed by atoms with E-state index in [4.69, 9.17) is 0 Å². The van der Waals surface area contributed by atoms with Crippen molar-refractivity contribution in [2.45, 2.75) is 39.8 Å². The van der Waals surface area contributed by atoms with Gasteiger partial charge < -0.3 is 10.2 Å². The number of nitrogens with one attached hydrogen (secondary N) is 1. The first-order valence-electron chi connectivity index (χ1n) is 8.11. The van der Waals surface area contributed by atoms with Crippen molar-refractivity contribution in [3.63, 3.8) is 0 Å². The van der Waals surface area contributed by atoms with Crippen molar-refractivity contribution < 1.29 is 0 Å². The Hall–Kier alpha value is -1.94. The van der Waals surface area contributed by atoms with Crippen LogP contribution in [-0.2, 0) is 6.54 Å². The average molecular weight is 312 g/mol. The lowest BCUT2D eigenvalue weighted by Gasteiger charge is -2.27. The topological polar surface area (TPSA) is 41.0 Å². The summed E-state index contributed by atoms with van der Waals surface area (Å²) < 4.78 is 0. The zero-order chi connectivity index (χ0) is 16.9. The summed E-state index contributed by atoms with van der Waals surface area (Å²) in [5.74, 6) is 0.979. The molecule has 124 valence electrons. The van der Waals surface area contributed by atoms with Gasteiger partial charge in [0.2, 0.25) is 0 Å². The smallest absolute Gasteiger partial charge is 0.127 e. The van der Waals surface area contributed by atoms with Gasteiger partial charge in [-0.1, -0.05) is 32.9 Å². The summed E-state index contributed by atoms with van der Waals surface area (Å²) in [7, 11) is 4.00. The molecule has 4 heteroatoms. The van der Waals surface area contributed by atoms with Crippen LogP contribution in [0, 0.1) is 5.41 Å².